The van der Waals surface area contributed by atoms with Gasteiger partial charge in [0.15, 0.2) is 5.69 Å². The van der Waals surface area contributed by atoms with Gasteiger partial charge in [-0.15, -0.1) is 0 Å². The second-order valence-electron chi connectivity index (χ2n) is 7.70. The van der Waals surface area contributed by atoms with Crippen molar-refractivity contribution in [3.8, 4) is 11.3 Å². The quantitative estimate of drug-likeness (QED) is 0.563. The van der Waals surface area contributed by atoms with E-state index in [2.05, 4.69) is 10.1 Å². The SMILES string of the molecule is CCOC(=O)c1c(C(F)(F)F)c(-c2cn(C(=O)OC(C)(C)C)c3cnccc23)nn1C. The summed E-state index contributed by atoms with van der Waals surface area (Å²) in [5, 5.41) is 4.25. The van der Waals surface area contributed by atoms with E-state index in [4.69, 9.17) is 9.47 Å². The van der Waals surface area contributed by atoms with Gasteiger partial charge in [-0.3, -0.25) is 14.2 Å². The molecule has 0 fully saturated rings. The van der Waals surface area contributed by atoms with Gasteiger partial charge in [0.05, 0.1) is 18.3 Å². The van der Waals surface area contributed by atoms with E-state index in [-0.39, 0.29) is 17.7 Å². The highest BCUT2D eigenvalue weighted by molar-refractivity contribution is 6.01. The van der Waals surface area contributed by atoms with Crippen molar-refractivity contribution in [1.82, 2.24) is 19.3 Å². The summed E-state index contributed by atoms with van der Waals surface area (Å²) in [6, 6.07) is 1.46. The van der Waals surface area contributed by atoms with Gasteiger partial charge in [0.25, 0.3) is 0 Å². The number of aromatic nitrogens is 4. The first kappa shape index (κ1) is 22.3. The van der Waals surface area contributed by atoms with Crippen LogP contribution in [-0.4, -0.2) is 43.6 Å². The average Bonchev–Trinajstić information content (AvgIpc) is 3.18. The Morgan fingerprint density at radius 1 is 1.19 bits per heavy atom. The van der Waals surface area contributed by atoms with E-state index in [9.17, 15) is 22.8 Å². The topological polar surface area (TPSA) is 88.2 Å². The van der Waals surface area contributed by atoms with E-state index in [1.54, 1.807) is 20.8 Å². The van der Waals surface area contributed by atoms with Crippen molar-refractivity contribution in [2.24, 2.45) is 7.05 Å². The van der Waals surface area contributed by atoms with E-state index in [0.717, 1.165) is 9.25 Å². The van der Waals surface area contributed by atoms with Gasteiger partial charge in [-0.1, -0.05) is 0 Å². The number of pyridine rings is 1. The maximum Gasteiger partial charge on any atom is 0.420 e. The van der Waals surface area contributed by atoms with Gasteiger partial charge in [0, 0.05) is 30.4 Å². The number of aryl methyl sites for hydroxylation is 1. The lowest BCUT2D eigenvalue weighted by Gasteiger charge is -2.19. The van der Waals surface area contributed by atoms with Crippen molar-refractivity contribution in [3.63, 3.8) is 0 Å². The summed E-state index contributed by atoms with van der Waals surface area (Å²) in [4.78, 5) is 28.9. The Labute approximate surface area is 175 Å². The van der Waals surface area contributed by atoms with Crippen molar-refractivity contribution >= 4 is 23.0 Å². The Hall–Kier alpha value is -3.37. The highest BCUT2D eigenvalue weighted by atomic mass is 19.4. The first-order valence-corrected chi connectivity index (χ1v) is 9.35. The number of ether oxygens (including phenoxy) is 2. The van der Waals surface area contributed by atoms with Crippen LogP contribution in [0.3, 0.4) is 0 Å². The summed E-state index contributed by atoms with van der Waals surface area (Å²) in [6.45, 7) is 6.40. The molecule has 3 aromatic rings. The molecule has 8 nitrogen and oxygen atoms in total. The molecule has 11 heteroatoms. The van der Waals surface area contributed by atoms with Crippen molar-refractivity contribution in [3.05, 3.63) is 35.9 Å². The number of halogens is 3. The van der Waals surface area contributed by atoms with E-state index in [1.165, 1.54) is 38.6 Å². The molecule has 0 spiro atoms. The van der Waals surface area contributed by atoms with Crippen LogP contribution < -0.4 is 0 Å². The number of nitrogens with zero attached hydrogens (tertiary/aromatic N) is 4. The zero-order chi connectivity index (χ0) is 23.1. The van der Waals surface area contributed by atoms with Crippen LogP contribution in [0.1, 0.15) is 43.7 Å². The predicted octanol–water partition coefficient (Wildman–Crippen LogP) is 4.42. The fourth-order valence-corrected chi connectivity index (χ4v) is 3.14. The van der Waals surface area contributed by atoms with Gasteiger partial charge in [-0.2, -0.15) is 18.3 Å². The number of hydrogen-bond acceptors (Lipinski definition) is 6. The van der Waals surface area contributed by atoms with E-state index in [1.807, 2.05) is 0 Å². The number of alkyl halides is 3. The van der Waals surface area contributed by atoms with E-state index in [0.29, 0.717) is 5.39 Å². The molecule has 3 heterocycles. The molecular weight excluding hydrogens is 417 g/mol. The number of fused-ring (bicyclic) bond motifs is 1. The second-order valence-corrected chi connectivity index (χ2v) is 7.70. The van der Waals surface area contributed by atoms with Gasteiger partial charge < -0.3 is 9.47 Å². The third kappa shape index (κ3) is 4.25. The van der Waals surface area contributed by atoms with Crippen LogP contribution in [0.4, 0.5) is 18.0 Å². The van der Waals surface area contributed by atoms with Crippen molar-refractivity contribution in [2.45, 2.75) is 39.5 Å². The van der Waals surface area contributed by atoms with Crippen molar-refractivity contribution < 1.29 is 32.2 Å². The fraction of sp³-hybridized carbons (Fsp3) is 0.400. The van der Waals surface area contributed by atoms with Crippen LogP contribution in [-0.2, 0) is 22.7 Å². The minimum Gasteiger partial charge on any atom is -0.461 e. The van der Waals surface area contributed by atoms with Gasteiger partial charge in [0.1, 0.15) is 16.9 Å². The molecule has 166 valence electrons. The molecule has 31 heavy (non-hydrogen) atoms. The van der Waals surface area contributed by atoms with Crippen LogP contribution >= 0.6 is 0 Å². The Kier molecular flexibility index (Phi) is 5.55. The molecule has 0 saturated carbocycles. The zero-order valence-corrected chi connectivity index (χ0v) is 17.6. The molecule has 0 saturated heterocycles. The maximum atomic E-state index is 14.0. The molecule has 0 aliphatic rings. The number of carbonyl (C=O) groups is 2. The average molecular weight is 438 g/mol. The fourth-order valence-electron chi connectivity index (χ4n) is 3.14. The first-order chi connectivity index (χ1) is 14.3. The standard InChI is InChI=1S/C20H21F3N4O4/c1-6-30-17(28)16-14(20(21,22)23)15(25-26(16)5)12-10-27(18(29)31-19(2,3)4)13-9-24-8-7-11(12)13/h7-10H,6H2,1-5H3. The van der Waals surface area contributed by atoms with Gasteiger partial charge in [0.2, 0.25) is 0 Å². The highest BCUT2D eigenvalue weighted by Crippen LogP contribution is 2.41. The minimum atomic E-state index is -4.90. The lowest BCUT2D eigenvalue weighted by molar-refractivity contribution is -0.137. The summed E-state index contributed by atoms with van der Waals surface area (Å²) in [5.74, 6) is -1.14. The Morgan fingerprint density at radius 3 is 2.45 bits per heavy atom. The largest absolute Gasteiger partial charge is 0.461 e. The molecule has 0 aliphatic heterocycles. The summed E-state index contributed by atoms with van der Waals surface area (Å²) < 4.78 is 54.1. The molecule has 0 amide bonds. The van der Waals surface area contributed by atoms with Crippen LogP contribution in [0.25, 0.3) is 22.2 Å². The molecule has 3 rings (SSSR count). The Morgan fingerprint density at radius 2 is 1.87 bits per heavy atom. The molecule has 0 unspecified atom stereocenters. The molecule has 0 aromatic carbocycles. The normalized spacial score (nSPS) is 12.3. The minimum absolute atomic E-state index is 0.00160. The number of hydrogen-bond donors (Lipinski definition) is 0. The van der Waals surface area contributed by atoms with Crippen LogP contribution in [0, 0.1) is 0 Å². The Bertz CT molecular complexity index is 1160. The smallest absolute Gasteiger partial charge is 0.420 e. The first-order valence-electron chi connectivity index (χ1n) is 9.35. The molecule has 0 radical (unpaired) electrons. The maximum absolute atomic E-state index is 14.0. The third-order valence-electron chi connectivity index (χ3n) is 4.25. The molecule has 0 aliphatic carbocycles. The lowest BCUT2D eigenvalue weighted by Crippen LogP contribution is -2.26. The number of carbonyl (C=O) groups excluding carboxylic acids is 2. The molecule has 0 atom stereocenters. The Balaban J connectivity index is 2.29. The van der Waals surface area contributed by atoms with Gasteiger partial charge >= 0.3 is 18.2 Å². The monoisotopic (exact) mass is 438 g/mol. The number of rotatable bonds is 3. The second kappa shape index (κ2) is 7.71. The molecule has 0 N–H and O–H groups in total. The zero-order valence-electron chi connectivity index (χ0n) is 17.6. The van der Waals surface area contributed by atoms with E-state index >= 15 is 0 Å². The summed E-state index contributed by atoms with van der Waals surface area (Å²) in [6.07, 6.45) is -1.77. The van der Waals surface area contributed by atoms with Crippen LogP contribution in [0.5, 0.6) is 0 Å². The van der Waals surface area contributed by atoms with Crippen molar-refractivity contribution in [2.75, 3.05) is 6.61 Å². The van der Waals surface area contributed by atoms with E-state index < -0.39 is 40.8 Å². The van der Waals surface area contributed by atoms with Gasteiger partial charge in [-0.05, 0) is 33.8 Å². The van der Waals surface area contributed by atoms with Gasteiger partial charge in [-0.25, -0.2) is 9.59 Å². The third-order valence-corrected chi connectivity index (χ3v) is 4.25. The van der Waals surface area contributed by atoms with Crippen LogP contribution in [0.15, 0.2) is 24.7 Å². The lowest BCUT2D eigenvalue weighted by atomic mass is 10.1. The molecular formula is C20H21F3N4O4. The van der Waals surface area contributed by atoms with Crippen molar-refractivity contribution in [1.29, 1.82) is 0 Å². The number of esters is 1. The predicted molar refractivity (Wildman–Crippen MR) is 105 cm³/mol. The van der Waals surface area contributed by atoms with Crippen LogP contribution in [0.2, 0.25) is 0 Å². The summed E-state index contributed by atoms with van der Waals surface area (Å²) >= 11 is 0. The summed E-state index contributed by atoms with van der Waals surface area (Å²) in [7, 11) is 1.22. The molecule has 0 bridgehead atoms. The summed E-state index contributed by atoms with van der Waals surface area (Å²) in [5.41, 5.74) is -3.05. The highest BCUT2D eigenvalue weighted by Gasteiger charge is 2.43. The molecule has 3 aromatic heterocycles.